The predicted octanol–water partition coefficient (Wildman–Crippen LogP) is 3.91. The maximum absolute atomic E-state index is 6.00. The Morgan fingerprint density at radius 2 is 2.33 bits per heavy atom. The molecule has 3 nitrogen and oxygen atoms in total. The molecule has 0 spiro atoms. The second-order valence-corrected chi connectivity index (χ2v) is 5.08. The quantitative estimate of drug-likeness (QED) is 0.802. The number of H-pyrrole nitrogens is 1. The number of aromatic amines is 1. The largest absolute Gasteiger partial charge is 0.330 e. The fourth-order valence-electron chi connectivity index (χ4n) is 1.08. The molecule has 1 aromatic heterocycles. The van der Waals surface area contributed by atoms with Gasteiger partial charge in [0.05, 0.1) is 0 Å². The molecule has 15 heavy (non-hydrogen) atoms. The van der Waals surface area contributed by atoms with Gasteiger partial charge in [0.15, 0.2) is 3.95 Å². The van der Waals surface area contributed by atoms with E-state index in [9.17, 15) is 0 Å². The maximum atomic E-state index is 6.00. The summed E-state index contributed by atoms with van der Waals surface area (Å²) in [4.78, 5) is 0. The van der Waals surface area contributed by atoms with Crippen molar-refractivity contribution in [2.75, 3.05) is 5.32 Å². The van der Waals surface area contributed by atoms with Crippen LogP contribution in [-0.4, -0.2) is 10.2 Å². The third-order valence-electron chi connectivity index (χ3n) is 1.86. The van der Waals surface area contributed by atoms with Gasteiger partial charge in [0.25, 0.3) is 0 Å². The highest BCUT2D eigenvalue weighted by Crippen LogP contribution is 2.23. The molecule has 0 saturated heterocycles. The lowest BCUT2D eigenvalue weighted by Gasteiger charge is -2.03. The minimum atomic E-state index is 0.649. The van der Waals surface area contributed by atoms with Gasteiger partial charge in [0.2, 0.25) is 5.13 Å². The number of benzene rings is 1. The van der Waals surface area contributed by atoms with Crippen LogP contribution in [0, 0.1) is 10.9 Å². The van der Waals surface area contributed by atoms with Gasteiger partial charge < -0.3 is 5.32 Å². The number of halogens is 1. The van der Waals surface area contributed by atoms with Crippen molar-refractivity contribution in [3.05, 3.63) is 32.7 Å². The molecular formula is C9H8ClN3S2. The number of hydrogen-bond acceptors (Lipinski definition) is 4. The van der Waals surface area contributed by atoms with Gasteiger partial charge in [-0.2, -0.15) is 0 Å². The van der Waals surface area contributed by atoms with E-state index in [0.717, 1.165) is 21.4 Å². The predicted molar refractivity (Wildman–Crippen MR) is 66.8 cm³/mol. The van der Waals surface area contributed by atoms with Crippen molar-refractivity contribution in [1.82, 2.24) is 10.2 Å². The molecule has 78 valence electrons. The summed E-state index contributed by atoms with van der Waals surface area (Å²) in [6.45, 7) is 1.96. The topological polar surface area (TPSA) is 40.7 Å². The zero-order chi connectivity index (χ0) is 10.8. The van der Waals surface area contributed by atoms with Crippen molar-refractivity contribution in [1.29, 1.82) is 0 Å². The van der Waals surface area contributed by atoms with Crippen molar-refractivity contribution in [2.45, 2.75) is 6.92 Å². The Balaban J connectivity index is 2.24. The molecule has 0 fully saturated rings. The standard InChI is InChI=1S/C9H8ClN3S2/c1-5-2-3-6(4-7(5)10)11-8-12-13-9(14)15-8/h2-4H,1H3,(H,11,12)(H,13,14). The molecule has 0 unspecified atom stereocenters. The van der Waals surface area contributed by atoms with Gasteiger partial charge in [-0.05, 0) is 36.8 Å². The van der Waals surface area contributed by atoms with Gasteiger partial charge in [-0.1, -0.05) is 29.0 Å². The molecule has 0 bridgehead atoms. The van der Waals surface area contributed by atoms with Crippen LogP contribution in [0.4, 0.5) is 10.8 Å². The van der Waals surface area contributed by atoms with Crippen LogP contribution < -0.4 is 5.32 Å². The first-order valence-corrected chi connectivity index (χ1v) is 5.84. The third-order valence-corrected chi connectivity index (χ3v) is 3.27. The number of aryl methyl sites for hydroxylation is 1. The summed E-state index contributed by atoms with van der Waals surface area (Å²) in [5.41, 5.74) is 1.96. The molecule has 0 aliphatic rings. The van der Waals surface area contributed by atoms with E-state index < -0.39 is 0 Å². The van der Waals surface area contributed by atoms with Crippen molar-refractivity contribution < 1.29 is 0 Å². The fraction of sp³-hybridized carbons (Fsp3) is 0.111. The van der Waals surface area contributed by atoms with E-state index in [1.54, 1.807) is 0 Å². The lowest BCUT2D eigenvalue weighted by atomic mass is 10.2. The Bertz CT molecular complexity index is 532. The minimum Gasteiger partial charge on any atom is -0.330 e. The molecule has 0 saturated carbocycles. The van der Waals surface area contributed by atoms with E-state index in [1.165, 1.54) is 11.3 Å². The van der Waals surface area contributed by atoms with Gasteiger partial charge >= 0.3 is 0 Å². The molecule has 2 N–H and O–H groups in total. The summed E-state index contributed by atoms with van der Waals surface area (Å²) >= 11 is 12.3. The molecule has 6 heteroatoms. The first-order chi connectivity index (χ1) is 7.15. The van der Waals surface area contributed by atoms with Gasteiger partial charge in [0.1, 0.15) is 0 Å². The number of nitrogens with zero attached hydrogens (tertiary/aromatic N) is 1. The van der Waals surface area contributed by atoms with Crippen LogP contribution in [0.15, 0.2) is 18.2 Å². The average Bonchev–Trinajstić information content (AvgIpc) is 2.58. The highest BCUT2D eigenvalue weighted by atomic mass is 35.5. The van der Waals surface area contributed by atoms with Gasteiger partial charge in [-0.15, -0.1) is 5.10 Å². The highest BCUT2D eigenvalue weighted by molar-refractivity contribution is 7.73. The number of hydrogen-bond donors (Lipinski definition) is 2. The molecule has 0 aliphatic carbocycles. The Morgan fingerprint density at radius 1 is 1.53 bits per heavy atom. The van der Waals surface area contributed by atoms with Crippen molar-refractivity contribution in [3.63, 3.8) is 0 Å². The van der Waals surface area contributed by atoms with E-state index in [4.69, 9.17) is 23.8 Å². The van der Waals surface area contributed by atoms with Gasteiger partial charge in [-0.3, -0.25) is 5.10 Å². The van der Waals surface area contributed by atoms with Crippen LogP contribution in [0.3, 0.4) is 0 Å². The van der Waals surface area contributed by atoms with E-state index >= 15 is 0 Å². The fourth-order valence-corrected chi connectivity index (χ4v) is 2.07. The van der Waals surface area contributed by atoms with Crippen LogP contribution in [0.5, 0.6) is 0 Å². The van der Waals surface area contributed by atoms with Crippen molar-refractivity contribution in [3.8, 4) is 0 Å². The van der Waals surface area contributed by atoms with Crippen LogP contribution in [-0.2, 0) is 0 Å². The minimum absolute atomic E-state index is 0.649. The molecule has 0 amide bonds. The second kappa shape index (κ2) is 4.30. The molecule has 2 aromatic rings. The lowest BCUT2D eigenvalue weighted by Crippen LogP contribution is -1.89. The highest BCUT2D eigenvalue weighted by Gasteiger charge is 2.00. The first kappa shape index (κ1) is 10.6. The van der Waals surface area contributed by atoms with Crippen molar-refractivity contribution >= 4 is 46.0 Å². The zero-order valence-electron chi connectivity index (χ0n) is 7.87. The Morgan fingerprint density at radius 3 is 2.93 bits per heavy atom. The maximum Gasteiger partial charge on any atom is 0.208 e. The Hall–Kier alpha value is -0.910. The van der Waals surface area contributed by atoms with Crippen LogP contribution in [0.2, 0.25) is 5.02 Å². The molecular weight excluding hydrogens is 250 g/mol. The van der Waals surface area contributed by atoms with E-state index in [2.05, 4.69) is 15.5 Å². The monoisotopic (exact) mass is 257 g/mol. The van der Waals surface area contributed by atoms with E-state index in [1.807, 2.05) is 25.1 Å². The molecule has 2 rings (SSSR count). The first-order valence-electron chi connectivity index (χ1n) is 4.24. The molecule has 0 radical (unpaired) electrons. The molecule has 1 heterocycles. The van der Waals surface area contributed by atoms with E-state index in [0.29, 0.717) is 3.95 Å². The summed E-state index contributed by atoms with van der Waals surface area (Å²) < 4.78 is 0.649. The van der Waals surface area contributed by atoms with Crippen LogP contribution >= 0.6 is 35.2 Å². The number of aromatic nitrogens is 2. The Kier molecular flexibility index (Phi) is 3.04. The summed E-state index contributed by atoms with van der Waals surface area (Å²) in [7, 11) is 0. The summed E-state index contributed by atoms with van der Waals surface area (Å²) in [6.07, 6.45) is 0. The van der Waals surface area contributed by atoms with Gasteiger partial charge in [0, 0.05) is 10.7 Å². The molecule has 0 aliphatic heterocycles. The third kappa shape index (κ3) is 2.56. The summed E-state index contributed by atoms with van der Waals surface area (Å²) in [5, 5.41) is 11.3. The smallest absolute Gasteiger partial charge is 0.208 e. The lowest BCUT2D eigenvalue weighted by molar-refractivity contribution is 1.08. The number of rotatable bonds is 2. The molecule has 1 aromatic carbocycles. The van der Waals surface area contributed by atoms with E-state index in [-0.39, 0.29) is 0 Å². The normalized spacial score (nSPS) is 10.3. The number of nitrogens with one attached hydrogen (secondary N) is 2. The number of anilines is 2. The summed E-state index contributed by atoms with van der Waals surface area (Å²) in [5.74, 6) is 0. The van der Waals surface area contributed by atoms with Crippen LogP contribution in [0.1, 0.15) is 5.56 Å². The zero-order valence-corrected chi connectivity index (χ0v) is 10.3. The van der Waals surface area contributed by atoms with Crippen molar-refractivity contribution in [2.24, 2.45) is 0 Å². The average molecular weight is 258 g/mol. The second-order valence-electron chi connectivity index (χ2n) is 3.01. The molecule has 0 atom stereocenters. The van der Waals surface area contributed by atoms with Gasteiger partial charge in [-0.25, -0.2) is 0 Å². The van der Waals surface area contributed by atoms with Crippen LogP contribution in [0.25, 0.3) is 0 Å². The summed E-state index contributed by atoms with van der Waals surface area (Å²) in [6, 6.07) is 5.77. The Labute approximate surface area is 101 Å². The SMILES string of the molecule is Cc1ccc(Nc2n[nH]c(=S)s2)cc1Cl.